The summed E-state index contributed by atoms with van der Waals surface area (Å²) in [6, 6.07) is 0. The number of carbonyl (C=O) groups is 1. The van der Waals surface area contributed by atoms with Crippen LogP contribution in [-0.2, 0) is 9.53 Å². The van der Waals surface area contributed by atoms with Crippen LogP contribution >= 0.6 is 0 Å². The minimum Gasteiger partial charge on any atom is -0.381 e. The van der Waals surface area contributed by atoms with E-state index in [4.69, 9.17) is 10.5 Å². The van der Waals surface area contributed by atoms with Crippen molar-refractivity contribution in [3.05, 3.63) is 0 Å². The summed E-state index contributed by atoms with van der Waals surface area (Å²) in [5.74, 6) is 1.50. The summed E-state index contributed by atoms with van der Waals surface area (Å²) in [6.07, 6.45) is 4.06. The average Bonchev–Trinajstić information content (AvgIpc) is 2.35. The number of rotatable bonds is 4. The zero-order valence-electron chi connectivity index (χ0n) is 11.7. The van der Waals surface area contributed by atoms with Gasteiger partial charge in [-0.3, -0.25) is 4.79 Å². The first-order valence-electron chi connectivity index (χ1n) is 7.11. The van der Waals surface area contributed by atoms with Gasteiger partial charge in [-0.25, -0.2) is 0 Å². The second-order valence-corrected chi connectivity index (χ2v) is 6.24. The van der Waals surface area contributed by atoms with E-state index in [1.54, 1.807) is 0 Å². The van der Waals surface area contributed by atoms with Gasteiger partial charge in [0.05, 0.1) is 5.41 Å². The number of nitrogens with zero attached hydrogens (tertiary/aromatic N) is 1. The van der Waals surface area contributed by atoms with Crippen LogP contribution in [0.15, 0.2) is 0 Å². The molecule has 2 fully saturated rings. The number of hydrogen-bond acceptors (Lipinski definition) is 3. The topological polar surface area (TPSA) is 55.6 Å². The minimum atomic E-state index is -0.251. The normalized spacial score (nSPS) is 32.9. The molecule has 0 atom stereocenters. The van der Waals surface area contributed by atoms with E-state index in [0.717, 1.165) is 45.4 Å². The fourth-order valence-electron chi connectivity index (χ4n) is 3.51. The van der Waals surface area contributed by atoms with Gasteiger partial charge in [0.25, 0.3) is 0 Å². The SMILES string of the molecule is CC1CC(CN)(C(=O)N(C)CC2CCOCC2)C1. The standard InChI is InChI=1S/C14H26N2O2/c1-11-7-14(8-11,10-15)13(17)16(2)9-12-3-5-18-6-4-12/h11-12H,3-10,15H2,1-2H3. The number of ether oxygens (including phenoxy) is 1. The molecular weight excluding hydrogens is 228 g/mol. The Hall–Kier alpha value is -0.610. The number of hydrogen-bond donors (Lipinski definition) is 1. The van der Waals surface area contributed by atoms with Crippen LogP contribution in [0.25, 0.3) is 0 Å². The molecule has 4 nitrogen and oxygen atoms in total. The van der Waals surface area contributed by atoms with Gasteiger partial charge in [0.2, 0.25) is 5.91 Å². The lowest BCUT2D eigenvalue weighted by molar-refractivity contribution is -0.149. The van der Waals surface area contributed by atoms with Gasteiger partial charge in [-0.2, -0.15) is 0 Å². The predicted molar refractivity (Wildman–Crippen MR) is 71.1 cm³/mol. The molecule has 0 aromatic rings. The van der Waals surface area contributed by atoms with Crippen LogP contribution in [0.2, 0.25) is 0 Å². The Balaban J connectivity index is 1.87. The van der Waals surface area contributed by atoms with Crippen molar-refractivity contribution in [2.45, 2.75) is 32.6 Å². The molecule has 104 valence electrons. The van der Waals surface area contributed by atoms with Crippen LogP contribution in [-0.4, -0.2) is 44.2 Å². The first-order valence-corrected chi connectivity index (χ1v) is 7.11. The predicted octanol–water partition coefficient (Wildman–Crippen LogP) is 1.25. The molecule has 2 N–H and O–H groups in total. The van der Waals surface area contributed by atoms with E-state index in [-0.39, 0.29) is 11.3 Å². The Morgan fingerprint density at radius 1 is 1.39 bits per heavy atom. The van der Waals surface area contributed by atoms with Gasteiger partial charge in [-0.1, -0.05) is 6.92 Å². The highest BCUT2D eigenvalue weighted by molar-refractivity contribution is 5.83. The highest BCUT2D eigenvalue weighted by Gasteiger charge is 2.48. The van der Waals surface area contributed by atoms with Gasteiger partial charge in [-0.15, -0.1) is 0 Å². The highest BCUT2D eigenvalue weighted by Crippen LogP contribution is 2.45. The smallest absolute Gasteiger partial charge is 0.229 e. The van der Waals surface area contributed by atoms with Crippen molar-refractivity contribution in [1.82, 2.24) is 4.90 Å². The van der Waals surface area contributed by atoms with E-state index in [1.807, 2.05) is 11.9 Å². The van der Waals surface area contributed by atoms with Crippen molar-refractivity contribution in [2.24, 2.45) is 23.0 Å². The minimum absolute atomic E-state index is 0.251. The molecule has 4 heteroatoms. The molecule has 1 saturated carbocycles. The summed E-state index contributed by atoms with van der Waals surface area (Å²) in [5.41, 5.74) is 5.58. The van der Waals surface area contributed by atoms with Gasteiger partial charge in [0.15, 0.2) is 0 Å². The molecule has 0 aromatic carbocycles. The Bertz CT molecular complexity index is 294. The third-order valence-electron chi connectivity index (χ3n) is 4.54. The van der Waals surface area contributed by atoms with Gasteiger partial charge in [-0.05, 0) is 37.5 Å². The highest BCUT2D eigenvalue weighted by atomic mass is 16.5. The fraction of sp³-hybridized carbons (Fsp3) is 0.929. The van der Waals surface area contributed by atoms with E-state index in [0.29, 0.717) is 18.4 Å². The number of carbonyl (C=O) groups excluding carboxylic acids is 1. The molecule has 2 rings (SSSR count). The van der Waals surface area contributed by atoms with Crippen LogP contribution < -0.4 is 5.73 Å². The summed E-state index contributed by atoms with van der Waals surface area (Å²) in [7, 11) is 1.93. The second-order valence-electron chi connectivity index (χ2n) is 6.24. The average molecular weight is 254 g/mol. The van der Waals surface area contributed by atoms with Crippen molar-refractivity contribution in [2.75, 3.05) is 33.4 Å². The van der Waals surface area contributed by atoms with Crippen molar-refractivity contribution in [1.29, 1.82) is 0 Å². The summed E-state index contributed by atoms with van der Waals surface area (Å²) in [4.78, 5) is 14.4. The van der Waals surface area contributed by atoms with Gasteiger partial charge in [0.1, 0.15) is 0 Å². The Labute approximate surface area is 110 Å². The molecule has 1 aliphatic carbocycles. The quantitative estimate of drug-likeness (QED) is 0.821. The van der Waals surface area contributed by atoms with E-state index >= 15 is 0 Å². The molecule has 2 aliphatic rings. The third-order valence-corrected chi connectivity index (χ3v) is 4.54. The monoisotopic (exact) mass is 254 g/mol. The van der Waals surface area contributed by atoms with Crippen LogP contribution in [0.3, 0.4) is 0 Å². The molecule has 1 heterocycles. The van der Waals surface area contributed by atoms with Crippen molar-refractivity contribution in [3.8, 4) is 0 Å². The first kappa shape index (κ1) is 13.8. The largest absolute Gasteiger partial charge is 0.381 e. The first-order chi connectivity index (χ1) is 8.57. The van der Waals surface area contributed by atoms with Crippen LogP contribution in [0, 0.1) is 17.3 Å². The molecule has 1 amide bonds. The molecule has 18 heavy (non-hydrogen) atoms. The van der Waals surface area contributed by atoms with Crippen LogP contribution in [0.1, 0.15) is 32.6 Å². The fourth-order valence-corrected chi connectivity index (χ4v) is 3.51. The lowest BCUT2D eigenvalue weighted by Crippen LogP contribution is -2.54. The zero-order chi connectivity index (χ0) is 13.2. The Morgan fingerprint density at radius 2 is 2.00 bits per heavy atom. The second kappa shape index (κ2) is 5.57. The third kappa shape index (κ3) is 2.69. The Kier molecular flexibility index (Phi) is 4.28. The van der Waals surface area contributed by atoms with Crippen molar-refractivity contribution in [3.63, 3.8) is 0 Å². The summed E-state index contributed by atoms with van der Waals surface area (Å²) < 4.78 is 5.35. The van der Waals surface area contributed by atoms with Crippen molar-refractivity contribution >= 4 is 5.91 Å². The number of amides is 1. The van der Waals surface area contributed by atoms with E-state index in [9.17, 15) is 4.79 Å². The molecule has 0 unspecified atom stereocenters. The maximum atomic E-state index is 12.5. The maximum Gasteiger partial charge on any atom is 0.229 e. The summed E-state index contributed by atoms with van der Waals surface area (Å²) >= 11 is 0. The lowest BCUT2D eigenvalue weighted by Gasteiger charge is -2.46. The van der Waals surface area contributed by atoms with E-state index in [2.05, 4.69) is 6.92 Å². The zero-order valence-corrected chi connectivity index (χ0v) is 11.7. The van der Waals surface area contributed by atoms with E-state index in [1.165, 1.54) is 0 Å². The van der Waals surface area contributed by atoms with Crippen molar-refractivity contribution < 1.29 is 9.53 Å². The summed E-state index contributed by atoms with van der Waals surface area (Å²) in [5, 5.41) is 0. The molecule has 0 radical (unpaired) electrons. The van der Waals surface area contributed by atoms with Gasteiger partial charge >= 0.3 is 0 Å². The molecule has 1 aliphatic heterocycles. The lowest BCUT2D eigenvalue weighted by atomic mass is 9.62. The summed E-state index contributed by atoms with van der Waals surface area (Å²) in [6.45, 7) is 5.23. The van der Waals surface area contributed by atoms with E-state index < -0.39 is 0 Å². The molecule has 0 bridgehead atoms. The van der Waals surface area contributed by atoms with Crippen LogP contribution in [0.4, 0.5) is 0 Å². The van der Waals surface area contributed by atoms with Crippen LogP contribution in [0.5, 0.6) is 0 Å². The Morgan fingerprint density at radius 3 is 2.50 bits per heavy atom. The van der Waals surface area contributed by atoms with Gasteiger partial charge < -0.3 is 15.4 Å². The molecule has 0 aromatic heterocycles. The van der Waals surface area contributed by atoms with Gasteiger partial charge in [0, 0.05) is 33.4 Å². The number of nitrogens with two attached hydrogens (primary N) is 1. The maximum absolute atomic E-state index is 12.5. The molecule has 1 saturated heterocycles. The molecule has 0 spiro atoms. The molecular formula is C14H26N2O2.